The number of azide groups is 1. The minimum Gasteiger partial charge on any atom is -0.448 e. The van der Waals surface area contributed by atoms with Gasteiger partial charge in [0.1, 0.15) is 6.61 Å². The van der Waals surface area contributed by atoms with Gasteiger partial charge in [0, 0.05) is 47.6 Å². The number of thiol groups is 1. The van der Waals surface area contributed by atoms with Gasteiger partial charge in [0.15, 0.2) is 0 Å². The highest BCUT2D eigenvalue weighted by Gasteiger charge is 2.30. The van der Waals surface area contributed by atoms with Crippen molar-refractivity contribution in [2.24, 2.45) is 5.11 Å². The first-order valence-corrected chi connectivity index (χ1v) is 12.2. The van der Waals surface area contributed by atoms with Crippen LogP contribution in [0.5, 0.6) is 0 Å². The molecule has 0 spiro atoms. The minimum absolute atomic E-state index is 0.0588. The van der Waals surface area contributed by atoms with Crippen LogP contribution in [0.4, 0.5) is 10.5 Å². The second-order valence-electron chi connectivity index (χ2n) is 8.92. The first-order valence-electron chi connectivity index (χ1n) is 11.7. The van der Waals surface area contributed by atoms with Gasteiger partial charge in [-0.05, 0) is 58.0 Å². The number of ether oxygens (including phenoxy) is 1. The molecule has 0 unspecified atom stereocenters. The van der Waals surface area contributed by atoms with Gasteiger partial charge in [-0.1, -0.05) is 53.6 Å². The van der Waals surface area contributed by atoms with Crippen LogP contribution in [0.15, 0.2) is 70.7 Å². The lowest BCUT2D eigenvalue weighted by Gasteiger charge is -2.36. The van der Waals surface area contributed by atoms with Crippen molar-refractivity contribution in [3.8, 4) is 11.1 Å². The van der Waals surface area contributed by atoms with Crippen LogP contribution in [-0.4, -0.2) is 43.8 Å². The molecule has 1 saturated heterocycles. The van der Waals surface area contributed by atoms with Crippen LogP contribution in [0.3, 0.4) is 0 Å². The van der Waals surface area contributed by atoms with Gasteiger partial charge < -0.3 is 14.5 Å². The molecule has 1 aliphatic heterocycles. The second-order valence-corrected chi connectivity index (χ2v) is 9.40. The van der Waals surface area contributed by atoms with Gasteiger partial charge in [0.25, 0.3) is 0 Å². The van der Waals surface area contributed by atoms with E-state index in [-0.39, 0.29) is 12.0 Å². The summed E-state index contributed by atoms with van der Waals surface area (Å²) >= 11 is 4.59. The van der Waals surface area contributed by atoms with Crippen molar-refractivity contribution in [2.45, 2.75) is 24.3 Å². The van der Waals surface area contributed by atoms with Gasteiger partial charge in [-0.2, -0.15) is 0 Å². The number of rotatable bonds is 5. The van der Waals surface area contributed by atoms with E-state index in [4.69, 9.17) is 10.3 Å². The highest BCUT2D eigenvalue weighted by Crippen LogP contribution is 2.44. The first kappa shape index (κ1) is 23.1. The summed E-state index contributed by atoms with van der Waals surface area (Å²) in [7, 11) is 0. The summed E-state index contributed by atoms with van der Waals surface area (Å²) in [6.07, 6.45) is -0.269. The topological polar surface area (TPSA) is 81.5 Å². The molecule has 3 aromatic carbocycles. The van der Waals surface area contributed by atoms with E-state index in [9.17, 15) is 4.79 Å². The lowest BCUT2D eigenvalue weighted by molar-refractivity contribution is 0.0977. The number of nitrogens with zero attached hydrogens (tertiary/aromatic N) is 5. The number of piperazine rings is 1. The van der Waals surface area contributed by atoms with Gasteiger partial charge in [-0.15, -0.1) is 12.6 Å². The summed E-state index contributed by atoms with van der Waals surface area (Å²) in [5.74, 6) is 0.0588. The smallest absolute Gasteiger partial charge is 0.409 e. The zero-order chi connectivity index (χ0) is 24.4. The number of amides is 1. The predicted octanol–water partition coefficient (Wildman–Crippen LogP) is 6.17. The standard InChI is InChI=1S/C27H27N5O2S/c1-18-19(16-29-30-28)14-20(15-26(18)35)31-10-12-32(13-11-31)27(33)34-17-25-23-8-4-2-6-21(23)22-7-3-5-9-24(22)25/h2-9,14-15,25,35H,10-13,16-17H2,1H3. The molecule has 5 rings (SSSR count). The fraction of sp³-hybridized carbons (Fsp3) is 0.296. The first-order chi connectivity index (χ1) is 17.1. The molecule has 0 atom stereocenters. The molecular weight excluding hydrogens is 458 g/mol. The summed E-state index contributed by atoms with van der Waals surface area (Å²) in [6.45, 7) is 5.16. The maximum atomic E-state index is 12.9. The Bertz CT molecular complexity index is 1270. The highest BCUT2D eigenvalue weighted by molar-refractivity contribution is 7.80. The molecule has 35 heavy (non-hydrogen) atoms. The van der Waals surface area contributed by atoms with Crippen molar-refractivity contribution in [2.75, 3.05) is 37.7 Å². The molecule has 1 fully saturated rings. The molecule has 8 heteroatoms. The fourth-order valence-electron chi connectivity index (χ4n) is 5.03. The summed E-state index contributed by atoms with van der Waals surface area (Å²) in [4.78, 5) is 20.7. The lowest BCUT2D eigenvalue weighted by atomic mass is 9.98. The van der Waals surface area contributed by atoms with Crippen LogP contribution in [0.2, 0.25) is 0 Å². The Kier molecular flexibility index (Phi) is 6.57. The number of hydrogen-bond acceptors (Lipinski definition) is 5. The summed E-state index contributed by atoms with van der Waals surface area (Å²) in [5, 5.41) is 3.71. The molecule has 0 radical (unpaired) electrons. The molecule has 1 aliphatic carbocycles. The Morgan fingerprint density at radius 2 is 1.69 bits per heavy atom. The third-order valence-electron chi connectivity index (χ3n) is 7.02. The van der Waals surface area contributed by atoms with Gasteiger partial charge in [-0.3, -0.25) is 0 Å². The molecule has 1 amide bonds. The third-order valence-corrected chi connectivity index (χ3v) is 7.48. The van der Waals surface area contributed by atoms with Crippen molar-refractivity contribution in [1.29, 1.82) is 0 Å². The van der Waals surface area contributed by atoms with Gasteiger partial charge in [0.05, 0.1) is 6.54 Å². The Morgan fingerprint density at radius 1 is 1.06 bits per heavy atom. The predicted molar refractivity (Wildman–Crippen MR) is 140 cm³/mol. The quantitative estimate of drug-likeness (QED) is 0.203. The Balaban J connectivity index is 1.22. The van der Waals surface area contributed by atoms with Gasteiger partial charge in [-0.25, -0.2) is 4.79 Å². The monoisotopic (exact) mass is 485 g/mol. The number of anilines is 1. The molecule has 0 saturated carbocycles. The van der Waals surface area contributed by atoms with E-state index in [2.05, 4.69) is 51.8 Å². The number of carbonyl (C=O) groups excluding carboxylic acids is 1. The lowest BCUT2D eigenvalue weighted by Crippen LogP contribution is -2.49. The van der Waals surface area contributed by atoms with Crippen molar-refractivity contribution >= 4 is 24.4 Å². The van der Waals surface area contributed by atoms with Crippen LogP contribution < -0.4 is 4.90 Å². The Labute approximate surface area is 210 Å². The van der Waals surface area contributed by atoms with Gasteiger partial charge in [0.2, 0.25) is 0 Å². The molecule has 1 heterocycles. The van der Waals surface area contributed by atoms with Crippen LogP contribution >= 0.6 is 12.6 Å². The van der Waals surface area contributed by atoms with E-state index in [1.165, 1.54) is 22.3 Å². The maximum absolute atomic E-state index is 12.9. The zero-order valence-corrected chi connectivity index (χ0v) is 20.5. The van der Waals surface area contributed by atoms with Crippen molar-refractivity contribution in [3.05, 3.63) is 93.4 Å². The van der Waals surface area contributed by atoms with E-state index in [1.54, 1.807) is 4.90 Å². The molecule has 0 N–H and O–H groups in total. The molecule has 0 bridgehead atoms. The van der Waals surface area contributed by atoms with Crippen molar-refractivity contribution < 1.29 is 9.53 Å². The van der Waals surface area contributed by atoms with Crippen LogP contribution in [-0.2, 0) is 11.3 Å². The molecule has 7 nitrogen and oxygen atoms in total. The van der Waals surface area contributed by atoms with E-state index in [0.29, 0.717) is 39.3 Å². The van der Waals surface area contributed by atoms with Gasteiger partial charge >= 0.3 is 6.09 Å². The SMILES string of the molecule is Cc1c(S)cc(N2CCN(C(=O)OCC3c4ccccc4-c4ccccc43)CC2)cc1CN=[N+]=[N-]. The summed E-state index contributed by atoms with van der Waals surface area (Å²) in [6, 6.07) is 20.8. The average Bonchev–Trinajstić information content (AvgIpc) is 3.22. The molecular formula is C27H27N5O2S. The Hall–Kier alpha value is -3.61. The molecule has 178 valence electrons. The number of benzene rings is 3. The van der Waals surface area contributed by atoms with Crippen LogP contribution in [0.25, 0.3) is 21.6 Å². The van der Waals surface area contributed by atoms with Crippen LogP contribution in [0, 0.1) is 6.92 Å². The molecule has 3 aromatic rings. The molecule has 2 aliphatic rings. The normalized spacial score (nSPS) is 14.8. The largest absolute Gasteiger partial charge is 0.448 e. The van der Waals surface area contributed by atoms with Crippen LogP contribution in [0.1, 0.15) is 28.2 Å². The Morgan fingerprint density at radius 3 is 2.31 bits per heavy atom. The maximum Gasteiger partial charge on any atom is 0.409 e. The van der Waals surface area contributed by atoms with Crippen molar-refractivity contribution in [3.63, 3.8) is 0 Å². The highest BCUT2D eigenvalue weighted by atomic mass is 32.1. The van der Waals surface area contributed by atoms with E-state index < -0.39 is 0 Å². The second kappa shape index (κ2) is 9.94. The van der Waals surface area contributed by atoms with E-state index in [1.807, 2.05) is 43.3 Å². The summed E-state index contributed by atoms with van der Waals surface area (Å²) in [5.41, 5.74) is 16.5. The zero-order valence-electron chi connectivity index (χ0n) is 19.6. The molecule has 0 aromatic heterocycles. The summed E-state index contributed by atoms with van der Waals surface area (Å²) < 4.78 is 5.83. The third kappa shape index (κ3) is 4.55. The number of hydrogen-bond donors (Lipinski definition) is 1. The van der Waals surface area contributed by atoms with Crippen molar-refractivity contribution in [1.82, 2.24) is 4.90 Å². The minimum atomic E-state index is -0.269. The van der Waals surface area contributed by atoms with E-state index >= 15 is 0 Å². The fourth-order valence-corrected chi connectivity index (χ4v) is 5.30. The number of carbonyl (C=O) groups is 1. The van der Waals surface area contributed by atoms with E-state index in [0.717, 1.165) is 21.7 Å². The average molecular weight is 486 g/mol. The number of fused-ring (bicyclic) bond motifs is 3.